The molecule has 3 rings (SSSR count). The number of anilines is 1. The normalized spacial score (nSPS) is 21.3. The summed E-state index contributed by atoms with van der Waals surface area (Å²) in [5.74, 6) is -0.227. The summed E-state index contributed by atoms with van der Waals surface area (Å²) in [6.45, 7) is 8.81. The molecule has 28 heavy (non-hydrogen) atoms. The van der Waals surface area contributed by atoms with Crippen molar-refractivity contribution < 1.29 is 9.59 Å². The highest BCUT2D eigenvalue weighted by molar-refractivity contribution is 9.10. The number of benzene rings is 1. The Labute approximate surface area is 176 Å². The minimum atomic E-state index is -0.255. The van der Waals surface area contributed by atoms with Crippen LogP contribution >= 0.6 is 15.9 Å². The number of likely N-dealkylation sites (N-methyl/N-ethyl adjacent to an activating group) is 1. The molecule has 2 aliphatic rings. The van der Waals surface area contributed by atoms with E-state index in [1.807, 2.05) is 25.1 Å². The van der Waals surface area contributed by atoms with Crippen molar-refractivity contribution in [1.29, 1.82) is 0 Å². The van der Waals surface area contributed by atoms with E-state index in [0.717, 1.165) is 61.3 Å². The predicted molar refractivity (Wildman–Crippen MR) is 116 cm³/mol. The zero-order valence-electron chi connectivity index (χ0n) is 16.9. The van der Waals surface area contributed by atoms with Gasteiger partial charge in [0.05, 0.1) is 5.92 Å². The van der Waals surface area contributed by atoms with Gasteiger partial charge in [-0.15, -0.1) is 0 Å². The number of hydrogen-bond acceptors (Lipinski definition) is 4. The molecule has 0 spiro atoms. The number of amides is 2. The Bertz CT molecular complexity index is 704. The number of aryl methyl sites for hydroxylation is 1. The van der Waals surface area contributed by atoms with Crippen LogP contribution in [0.2, 0.25) is 0 Å². The second kappa shape index (κ2) is 9.85. The van der Waals surface area contributed by atoms with Crippen LogP contribution in [0.1, 0.15) is 24.8 Å². The topological polar surface area (TPSA) is 55.9 Å². The fraction of sp³-hybridized carbons (Fsp3) is 0.619. The van der Waals surface area contributed by atoms with Gasteiger partial charge in [0.1, 0.15) is 0 Å². The minimum Gasteiger partial charge on any atom is -0.356 e. The molecule has 0 aliphatic carbocycles. The van der Waals surface area contributed by atoms with E-state index in [4.69, 9.17) is 0 Å². The smallest absolute Gasteiger partial charge is 0.227 e. The van der Waals surface area contributed by atoms with Crippen molar-refractivity contribution in [3.8, 4) is 0 Å². The monoisotopic (exact) mass is 450 g/mol. The average Bonchev–Trinajstić information content (AvgIpc) is 3.07. The Morgan fingerprint density at radius 2 is 1.96 bits per heavy atom. The summed E-state index contributed by atoms with van der Waals surface area (Å²) >= 11 is 3.48. The van der Waals surface area contributed by atoms with E-state index in [1.165, 1.54) is 0 Å². The molecule has 2 fully saturated rings. The lowest BCUT2D eigenvalue weighted by atomic mass is 10.1. The molecule has 154 valence electrons. The molecule has 2 saturated heterocycles. The highest BCUT2D eigenvalue weighted by Crippen LogP contribution is 2.28. The summed E-state index contributed by atoms with van der Waals surface area (Å²) in [5.41, 5.74) is 1.95. The zero-order chi connectivity index (χ0) is 20.1. The van der Waals surface area contributed by atoms with Crippen molar-refractivity contribution in [1.82, 2.24) is 15.1 Å². The third kappa shape index (κ3) is 5.55. The Morgan fingerprint density at radius 3 is 2.68 bits per heavy atom. The van der Waals surface area contributed by atoms with E-state index < -0.39 is 0 Å². The lowest BCUT2D eigenvalue weighted by Gasteiger charge is -2.32. The van der Waals surface area contributed by atoms with Gasteiger partial charge < -0.3 is 20.0 Å². The van der Waals surface area contributed by atoms with Crippen molar-refractivity contribution >= 4 is 33.4 Å². The van der Waals surface area contributed by atoms with Crippen molar-refractivity contribution in [3.63, 3.8) is 0 Å². The number of rotatable bonds is 7. The van der Waals surface area contributed by atoms with Crippen LogP contribution in [-0.4, -0.2) is 74.5 Å². The number of carbonyl (C=O) groups excluding carboxylic acids is 2. The van der Waals surface area contributed by atoms with Crippen LogP contribution in [0.4, 0.5) is 5.69 Å². The van der Waals surface area contributed by atoms with E-state index in [9.17, 15) is 9.59 Å². The zero-order valence-corrected chi connectivity index (χ0v) is 18.5. The first-order valence-corrected chi connectivity index (χ1v) is 11.0. The molecular weight excluding hydrogens is 420 g/mol. The van der Waals surface area contributed by atoms with Crippen LogP contribution in [0.25, 0.3) is 0 Å². The molecule has 1 aromatic rings. The summed E-state index contributed by atoms with van der Waals surface area (Å²) in [6, 6.07) is 5.86. The molecule has 7 heteroatoms. The molecule has 0 radical (unpaired) electrons. The molecule has 1 N–H and O–H groups in total. The van der Waals surface area contributed by atoms with Gasteiger partial charge in [-0.25, -0.2) is 0 Å². The van der Waals surface area contributed by atoms with E-state index in [0.29, 0.717) is 19.5 Å². The van der Waals surface area contributed by atoms with E-state index >= 15 is 0 Å². The van der Waals surface area contributed by atoms with Crippen LogP contribution in [0, 0.1) is 12.8 Å². The molecule has 2 aliphatic heterocycles. The van der Waals surface area contributed by atoms with Crippen molar-refractivity contribution in [2.75, 3.05) is 57.8 Å². The first-order chi connectivity index (χ1) is 13.4. The van der Waals surface area contributed by atoms with Crippen molar-refractivity contribution in [3.05, 3.63) is 28.2 Å². The number of piperazine rings is 1. The lowest BCUT2D eigenvalue weighted by molar-refractivity contribution is -0.126. The minimum absolute atomic E-state index is 0.00396. The molecule has 1 aromatic carbocycles. The molecule has 1 unspecified atom stereocenters. The summed E-state index contributed by atoms with van der Waals surface area (Å²) < 4.78 is 1.02. The summed E-state index contributed by atoms with van der Waals surface area (Å²) in [6.07, 6.45) is 2.37. The highest BCUT2D eigenvalue weighted by Gasteiger charge is 2.35. The maximum absolute atomic E-state index is 12.5. The van der Waals surface area contributed by atoms with Gasteiger partial charge in [0, 0.05) is 55.8 Å². The highest BCUT2D eigenvalue weighted by atomic mass is 79.9. The fourth-order valence-electron chi connectivity index (χ4n) is 3.82. The maximum atomic E-state index is 12.5. The predicted octanol–water partition coefficient (Wildman–Crippen LogP) is 2.25. The third-order valence-electron chi connectivity index (χ3n) is 5.75. The fourth-order valence-corrected chi connectivity index (χ4v) is 4.06. The summed E-state index contributed by atoms with van der Waals surface area (Å²) in [4.78, 5) is 31.5. The van der Waals surface area contributed by atoms with E-state index in [-0.39, 0.29) is 17.7 Å². The molecule has 2 amide bonds. The molecule has 2 heterocycles. The number of carbonyl (C=O) groups is 2. The number of nitrogens with zero attached hydrogens (tertiary/aromatic N) is 3. The van der Waals surface area contributed by atoms with Crippen LogP contribution < -0.4 is 10.2 Å². The van der Waals surface area contributed by atoms with Crippen molar-refractivity contribution in [2.45, 2.75) is 26.2 Å². The van der Waals surface area contributed by atoms with Crippen molar-refractivity contribution in [2.24, 2.45) is 5.92 Å². The van der Waals surface area contributed by atoms with Gasteiger partial charge in [0.2, 0.25) is 11.8 Å². The van der Waals surface area contributed by atoms with Gasteiger partial charge in [0.15, 0.2) is 0 Å². The Balaban J connectivity index is 1.38. The van der Waals surface area contributed by atoms with Gasteiger partial charge in [-0.1, -0.05) is 15.9 Å². The van der Waals surface area contributed by atoms with Gasteiger partial charge in [-0.05, 0) is 57.1 Å². The van der Waals surface area contributed by atoms with Crippen LogP contribution in [-0.2, 0) is 9.59 Å². The maximum Gasteiger partial charge on any atom is 0.227 e. The second-order valence-electron chi connectivity index (χ2n) is 7.98. The largest absolute Gasteiger partial charge is 0.356 e. The molecule has 0 bridgehead atoms. The van der Waals surface area contributed by atoms with Crippen LogP contribution in [0.15, 0.2) is 22.7 Å². The molecule has 0 aromatic heterocycles. The van der Waals surface area contributed by atoms with Gasteiger partial charge in [0.25, 0.3) is 0 Å². The quantitative estimate of drug-likeness (QED) is 0.647. The summed E-state index contributed by atoms with van der Waals surface area (Å²) in [7, 11) is 2.17. The molecule has 1 atom stereocenters. The lowest BCUT2D eigenvalue weighted by Crippen LogP contribution is -2.44. The molecular formula is C21H31BrN4O2. The molecule has 0 saturated carbocycles. The van der Waals surface area contributed by atoms with Gasteiger partial charge >= 0.3 is 0 Å². The van der Waals surface area contributed by atoms with E-state index in [2.05, 4.69) is 38.1 Å². The Morgan fingerprint density at radius 1 is 1.21 bits per heavy atom. The number of nitrogens with one attached hydrogen (secondary N) is 1. The SMILES string of the molecule is Cc1cc(N2CC(C(=O)NCCCCN3CCN(C)CC3)CC2=O)ccc1Br. The first kappa shape index (κ1) is 21.3. The number of unbranched alkanes of at least 4 members (excludes halogenated alkanes) is 1. The first-order valence-electron chi connectivity index (χ1n) is 10.2. The van der Waals surface area contributed by atoms with Gasteiger partial charge in [-0.3, -0.25) is 9.59 Å². The average molecular weight is 451 g/mol. The standard InChI is InChI=1S/C21H31BrN4O2/c1-16-13-18(5-6-19(16)22)26-15-17(14-20(26)27)21(28)23-7-3-4-8-25-11-9-24(2)10-12-25/h5-6,13,17H,3-4,7-12,14-15H2,1-2H3,(H,23,28). The number of halogens is 1. The van der Waals surface area contributed by atoms with Gasteiger partial charge in [-0.2, -0.15) is 0 Å². The summed E-state index contributed by atoms with van der Waals surface area (Å²) in [5, 5.41) is 3.03. The van der Waals surface area contributed by atoms with Crippen LogP contribution in [0.5, 0.6) is 0 Å². The third-order valence-corrected chi connectivity index (χ3v) is 6.64. The Kier molecular flexibility index (Phi) is 7.48. The number of hydrogen-bond donors (Lipinski definition) is 1. The van der Waals surface area contributed by atoms with Crippen LogP contribution in [0.3, 0.4) is 0 Å². The second-order valence-corrected chi connectivity index (χ2v) is 8.84. The molecule has 6 nitrogen and oxygen atoms in total. The Hall–Kier alpha value is -1.44. The van der Waals surface area contributed by atoms with E-state index in [1.54, 1.807) is 4.90 Å².